The minimum atomic E-state index is -4.62. The molecule has 0 spiro atoms. The fourth-order valence-electron chi connectivity index (χ4n) is 2.98. The summed E-state index contributed by atoms with van der Waals surface area (Å²) in [6.45, 7) is 1.59. The predicted molar refractivity (Wildman–Crippen MR) is 103 cm³/mol. The number of benzene rings is 1. The van der Waals surface area contributed by atoms with E-state index in [9.17, 15) is 22.4 Å². The zero-order valence-corrected chi connectivity index (χ0v) is 16.4. The van der Waals surface area contributed by atoms with Gasteiger partial charge >= 0.3 is 6.18 Å². The van der Waals surface area contributed by atoms with Crippen LogP contribution >= 0.6 is 0 Å². The van der Waals surface area contributed by atoms with Gasteiger partial charge in [-0.3, -0.25) is 9.79 Å². The number of alkyl halides is 3. The zero-order valence-electron chi connectivity index (χ0n) is 16.4. The molecule has 1 aromatic carbocycles. The fourth-order valence-corrected chi connectivity index (χ4v) is 2.98. The zero-order chi connectivity index (χ0) is 21.9. The molecule has 1 unspecified atom stereocenters. The van der Waals surface area contributed by atoms with Gasteiger partial charge in [0.05, 0.1) is 23.5 Å². The Morgan fingerprint density at radius 2 is 2.13 bits per heavy atom. The van der Waals surface area contributed by atoms with Crippen molar-refractivity contribution in [2.75, 3.05) is 7.05 Å². The van der Waals surface area contributed by atoms with E-state index in [1.165, 1.54) is 17.0 Å². The molecule has 0 bridgehead atoms. The minimum absolute atomic E-state index is 0.0397. The lowest BCUT2D eigenvalue weighted by molar-refractivity contribution is -0.137. The Morgan fingerprint density at radius 3 is 2.70 bits per heavy atom. The molecule has 2 aromatic rings. The Bertz CT molecular complexity index is 976. The van der Waals surface area contributed by atoms with Gasteiger partial charge in [0.25, 0.3) is 0 Å². The standard InChI is InChI=1S/C20H21F4N5O/c1-12(15-6-5-14(10-16(15)21)20(22,23)24)29-11-18(27-28-29)17(7-8-30)26-19(25-2)9-13-3-4-13/h5-8,10-13H,3-4,9H2,1-2H3,(H,25,26)/b17-7-. The number of hydrogen-bond acceptors (Lipinski definition) is 4. The third kappa shape index (κ3) is 5.11. The first-order valence-electron chi connectivity index (χ1n) is 9.40. The number of hydrogen-bond donors (Lipinski definition) is 1. The van der Waals surface area contributed by atoms with Crippen LogP contribution < -0.4 is 5.32 Å². The van der Waals surface area contributed by atoms with Crippen molar-refractivity contribution in [3.05, 3.63) is 53.1 Å². The van der Waals surface area contributed by atoms with Crippen molar-refractivity contribution in [1.82, 2.24) is 20.3 Å². The molecule has 1 heterocycles. The molecule has 0 amide bonds. The molecule has 1 N–H and O–H groups in total. The number of amidine groups is 1. The van der Waals surface area contributed by atoms with Gasteiger partial charge in [-0.2, -0.15) is 13.2 Å². The molecule has 1 fully saturated rings. The third-order valence-corrected chi connectivity index (χ3v) is 4.92. The largest absolute Gasteiger partial charge is 0.416 e. The van der Waals surface area contributed by atoms with Gasteiger partial charge in [-0.25, -0.2) is 9.07 Å². The Labute approximate surface area is 170 Å². The molecular formula is C20H21F4N5O. The van der Waals surface area contributed by atoms with Crippen molar-refractivity contribution in [2.24, 2.45) is 10.9 Å². The lowest BCUT2D eigenvalue weighted by atomic mass is 10.0. The molecule has 30 heavy (non-hydrogen) atoms. The van der Waals surface area contributed by atoms with Crippen molar-refractivity contribution in [1.29, 1.82) is 0 Å². The number of carbonyl (C=O) groups excluding carboxylic acids is 1. The van der Waals surface area contributed by atoms with Gasteiger partial charge in [0.1, 0.15) is 23.6 Å². The van der Waals surface area contributed by atoms with Gasteiger partial charge in [-0.1, -0.05) is 11.3 Å². The van der Waals surface area contributed by atoms with Gasteiger partial charge in [0.2, 0.25) is 0 Å². The number of aldehydes is 1. The first-order valence-corrected chi connectivity index (χ1v) is 9.40. The maximum absolute atomic E-state index is 14.3. The van der Waals surface area contributed by atoms with E-state index in [2.05, 4.69) is 20.6 Å². The first kappa shape index (κ1) is 21.7. The first-order chi connectivity index (χ1) is 14.2. The molecule has 0 aliphatic heterocycles. The van der Waals surface area contributed by atoms with Crippen LogP contribution in [-0.2, 0) is 11.0 Å². The number of rotatable bonds is 7. The highest BCUT2D eigenvalue weighted by atomic mass is 19.4. The van der Waals surface area contributed by atoms with Crippen molar-refractivity contribution >= 4 is 17.8 Å². The average Bonchev–Trinajstić information content (AvgIpc) is 3.37. The molecule has 1 aromatic heterocycles. The number of carbonyl (C=O) groups is 1. The summed E-state index contributed by atoms with van der Waals surface area (Å²) < 4.78 is 53.9. The summed E-state index contributed by atoms with van der Waals surface area (Å²) in [4.78, 5) is 15.3. The van der Waals surface area contributed by atoms with E-state index in [-0.39, 0.29) is 5.56 Å². The maximum atomic E-state index is 14.3. The van der Waals surface area contributed by atoms with E-state index >= 15 is 0 Å². The van der Waals surface area contributed by atoms with Crippen molar-refractivity contribution in [3.63, 3.8) is 0 Å². The topological polar surface area (TPSA) is 72.2 Å². The molecule has 0 radical (unpaired) electrons. The predicted octanol–water partition coefficient (Wildman–Crippen LogP) is 4.00. The minimum Gasteiger partial charge on any atom is -0.342 e. The molecule has 1 aliphatic rings. The fraction of sp³-hybridized carbons (Fsp3) is 0.400. The van der Waals surface area contributed by atoms with Crippen LogP contribution in [-0.4, -0.2) is 34.2 Å². The number of nitrogens with one attached hydrogen (secondary N) is 1. The molecule has 1 saturated carbocycles. The summed E-state index contributed by atoms with van der Waals surface area (Å²) in [5.41, 5.74) is -0.300. The van der Waals surface area contributed by atoms with Crippen LogP contribution in [0.2, 0.25) is 0 Å². The molecule has 1 aliphatic carbocycles. The second-order valence-corrected chi connectivity index (χ2v) is 7.15. The third-order valence-electron chi connectivity index (χ3n) is 4.92. The van der Waals surface area contributed by atoms with Crippen molar-refractivity contribution in [3.8, 4) is 0 Å². The van der Waals surface area contributed by atoms with Crippen LogP contribution in [0.4, 0.5) is 17.6 Å². The van der Waals surface area contributed by atoms with Gasteiger partial charge in [0, 0.05) is 25.1 Å². The summed E-state index contributed by atoms with van der Waals surface area (Å²) in [5, 5.41) is 11.1. The van der Waals surface area contributed by atoms with Crippen LogP contribution in [0.15, 0.2) is 35.5 Å². The van der Waals surface area contributed by atoms with Gasteiger partial charge in [-0.05, 0) is 37.8 Å². The Kier molecular flexibility index (Phi) is 6.33. The average molecular weight is 423 g/mol. The highest BCUT2D eigenvalue weighted by molar-refractivity contribution is 5.93. The summed E-state index contributed by atoms with van der Waals surface area (Å²) in [7, 11) is 1.65. The lowest BCUT2D eigenvalue weighted by Crippen LogP contribution is -2.23. The number of allylic oxidation sites excluding steroid dienone is 1. The monoisotopic (exact) mass is 423 g/mol. The molecular weight excluding hydrogens is 402 g/mol. The smallest absolute Gasteiger partial charge is 0.342 e. The lowest BCUT2D eigenvalue weighted by Gasteiger charge is -2.15. The molecule has 160 valence electrons. The molecule has 1 atom stereocenters. The molecule has 6 nitrogen and oxygen atoms in total. The normalized spacial score (nSPS) is 16.5. The Morgan fingerprint density at radius 1 is 1.40 bits per heavy atom. The summed E-state index contributed by atoms with van der Waals surface area (Å²) in [6, 6.07) is 1.66. The summed E-state index contributed by atoms with van der Waals surface area (Å²) in [6.07, 6.45) is 1.80. The van der Waals surface area contributed by atoms with E-state index in [1.807, 2.05) is 0 Å². The van der Waals surface area contributed by atoms with Crippen LogP contribution in [0.25, 0.3) is 5.70 Å². The van der Waals surface area contributed by atoms with Gasteiger partial charge in [-0.15, -0.1) is 5.10 Å². The molecule has 3 rings (SSSR count). The van der Waals surface area contributed by atoms with Crippen molar-refractivity contribution < 1.29 is 22.4 Å². The second kappa shape index (κ2) is 8.76. The van der Waals surface area contributed by atoms with Gasteiger partial charge < -0.3 is 5.32 Å². The van der Waals surface area contributed by atoms with E-state index in [0.29, 0.717) is 35.5 Å². The Hall–Kier alpha value is -3.04. The van der Waals surface area contributed by atoms with Crippen molar-refractivity contribution in [2.45, 2.75) is 38.4 Å². The number of aliphatic imine (C=N–C) groups is 1. The van der Waals surface area contributed by atoms with Crippen LogP contribution in [0.1, 0.15) is 49.0 Å². The molecule has 10 heteroatoms. The Balaban J connectivity index is 1.81. The van der Waals surface area contributed by atoms with Crippen LogP contribution in [0, 0.1) is 11.7 Å². The van der Waals surface area contributed by atoms with E-state index in [0.717, 1.165) is 31.4 Å². The quantitative estimate of drug-likeness (QED) is 0.240. The highest BCUT2D eigenvalue weighted by Crippen LogP contribution is 2.33. The number of aromatic nitrogens is 3. The summed E-state index contributed by atoms with van der Waals surface area (Å²) in [5.74, 6) is 0.301. The van der Waals surface area contributed by atoms with Gasteiger partial charge in [0.15, 0.2) is 0 Å². The highest BCUT2D eigenvalue weighted by Gasteiger charge is 2.31. The van der Waals surface area contributed by atoms with E-state index in [4.69, 9.17) is 0 Å². The van der Waals surface area contributed by atoms with Crippen LogP contribution in [0.5, 0.6) is 0 Å². The van der Waals surface area contributed by atoms with Crippen LogP contribution in [0.3, 0.4) is 0 Å². The van der Waals surface area contributed by atoms with E-state index in [1.54, 1.807) is 14.0 Å². The second-order valence-electron chi connectivity index (χ2n) is 7.15. The number of halogens is 4. The number of nitrogens with zero attached hydrogens (tertiary/aromatic N) is 4. The van der Waals surface area contributed by atoms with E-state index < -0.39 is 23.6 Å². The SMILES string of the molecule is CN=C(CC1CC1)N/C(=C\C=O)c1cn(C(C)c2ccc(C(F)(F)F)cc2F)nn1. The maximum Gasteiger partial charge on any atom is 0.416 e. The summed E-state index contributed by atoms with van der Waals surface area (Å²) >= 11 is 0. The molecule has 0 saturated heterocycles.